The van der Waals surface area contributed by atoms with Gasteiger partial charge in [-0.05, 0) is 19.1 Å². The maximum Gasteiger partial charge on any atom is 0.265 e. The van der Waals surface area contributed by atoms with Gasteiger partial charge in [0.1, 0.15) is 5.82 Å². The molecule has 0 spiro atoms. The predicted molar refractivity (Wildman–Crippen MR) is 73.0 cm³/mol. The van der Waals surface area contributed by atoms with E-state index in [-0.39, 0.29) is 0 Å². The summed E-state index contributed by atoms with van der Waals surface area (Å²) in [5, 5.41) is 8.04. The van der Waals surface area contributed by atoms with Gasteiger partial charge in [0.25, 0.3) is 5.88 Å². The topological polar surface area (TPSA) is 87.6 Å². The molecule has 0 bridgehead atoms. The van der Waals surface area contributed by atoms with Crippen LogP contribution in [-0.4, -0.2) is 26.7 Å². The average Bonchev–Trinajstić information content (AvgIpc) is 2.82. The van der Waals surface area contributed by atoms with Gasteiger partial charge in [0, 0.05) is 24.1 Å². The van der Waals surface area contributed by atoms with Crippen LogP contribution in [0.4, 0.5) is 5.69 Å². The van der Waals surface area contributed by atoms with E-state index in [9.17, 15) is 0 Å². The van der Waals surface area contributed by atoms with Gasteiger partial charge in [-0.1, -0.05) is 0 Å². The van der Waals surface area contributed by atoms with Crippen molar-refractivity contribution in [1.29, 1.82) is 0 Å². The van der Waals surface area contributed by atoms with E-state index in [4.69, 9.17) is 15.2 Å². The number of methoxy groups -OCH3 is 1. The van der Waals surface area contributed by atoms with Crippen LogP contribution in [0.1, 0.15) is 5.82 Å². The number of benzene rings is 1. The number of ether oxygens (including phenoxy) is 2. The highest BCUT2D eigenvalue weighted by atomic mass is 16.5. The summed E-state index contributed by atoms with van der Waals surface area (Å²) in [6, 6.07) is 5.15. The number of hydrogen-bond acceptors (Lipinski definition) is 6. The van der Waals surface area contributed by atoms with E-state index < -0.39 is 0 Å². The molecule has 102 valence electrons. The molecule has 20 heavy (non-hydrogen) atoms. The Balaban J connectivity index is 2.07. The summed E-state index contributed by atoms with van der Waals surface area (Å²) < 4.78 is 12.8. The molecule has 2 heterocycles. The fourth-order valence-electron chi connectivity index (χ4n) is 1.87. The van der Waals surface area contributed by atoms with E-state index in [1.54, 1.807) is 42.1 Å². The van der Waals surface area contributed by atoms with Gasteiger partial charge in [0.05, 0.1) is 7.11 Å². The van der Waals surface area contributed by atoms with Crippen LogP contribution in [0.2, 0.25) is 0 Å². The molecule has 0 aliphatic carbocycles. The van der Waals surface area contributed by atoms with Crippen LogP contribution in [0.25, 0.3) is 5.65 Å². The Morgan fingerprint density at radius 1 is 1.20 bits per heavy atom. The van der Waals surface area contributed by atoms with Gasteiger partial charge >= 0.3 is 0 Å². The second-order valence-electron chi connectivity index (χ2n) is 4.19. The molecule has 2 N–H and O–H groups in total. The summed E-state index contributed by atoms with van der Waals surface area (Å²) in [4.78, 5) is 4.18. The van der Waals surface area contributed by atoms with Crippen molar-refractivity contribution in [3.63, 3.8) is 0 Å². The lowest BCUT2D eigenvalue weighted by Gasteiger charge is -2.10. The van der Waals surface area contributed by atoms with Crippen molar-refractivity contribution in [3.8, 4) is 17.4 Å². The zero-order valence-electron chi connectivity index (χ0n) is 11.1. The minimum Gasteiger partial charge on any atom is -0.493 e. The van der Waals surface area contributed by atoms with Crippen LogP contribution >= 0.6 is 0 Å². The lowest BCUT2D eigenvalue weighted by atomic mass is 10.3. The van der Waals surface area contributed by atoms with Gasteiger partial charge in [-0.2, -0.15) is 0 Å². The third-order valence-corrected chi connectivity index (χ3v) is 2.86. The molecule has 1 aromatic carbocycles. The zero-order valence-corrected chi connectivity index (χ0v) is 11.1. The van der Waals surface area contributed by atoms with Gasteiger partial charge in [-0.3, -0.25) is 4.40 Å². The number of aromatic nitrogens is 4. The molecule has 7 heteroatoms. The lowest BCUT2D eigenvalue weighted by Crippen LogP contribution is -1.97. The van der Waals surface area contributed by atoms with Crippen LogP contribution in [0.3, 0.4) is 0 Å². The van der Waals surface area contributed by atoms with Crippen LogP contribution < -0.4 is 15.2 Å². The van der Waals surface area contributed by atoms with Crippen molar-refractivity contribution in [3.05, 3.63) is 36.4 Å². The first-order valence-corrected chi connectivity index (χ1v) is 5.97. The highest BCUT2D eigenvalue weighted by Crippen LogP contribution is 2.33. The number of fused-ring (bicyclic) bond motifs is 1. The van der Waals surface area contributed by atoms with Crippen molar-refractivity contribution in [2.24, 2.45) is 0 Å². The Kier molecular flexibility index (Phi) is 2.86. The van der Waals surface area contributed by atoms with Crippen molar-refractivity contribution < 1.29 is 9.47 Å². The van der Waals surface area contributed by atoms with Crippen LogP contribution in [-0.2, 0) is 0 Å². The monoisotopic (exact) mass is 271 g/mol. The van der Waals surface area contributed by atoms with E-state index in [1.165, 1.54) is 0 Å². The largest absolute Gasteiger partial charge is 0.493 e. The second kappa shape index (κ2) is 4.69. The summed E-state index contributed by atoms with van der Waals surface area (Å²) in [7, 11) is 1.56. The second-order valence-corrected chi connectivity index (χ2v) is 4.19. The van der Waals surface area contributed by atoms with E-state index in [0.717, 1.165) is 5.82 Å². The Morgan fingerprint density at radius 2 is 2.05 bits per heavy atom. The molecular formula is C13H13N5O2. The van der Waals surface area contributed by atoms with Crippen LogP contribution in [0.15, 0.2) is 30.6 Å². The Hall–Kier alpha value is -2.83. The van der Waals surface area contributed by atoms with Gasteiger partial charge in [-0.25, -0.2) is 4.98 Å². The molecule has 0 fully saturated rings. The first-order chi connectivity index (χ1) is 9.69. The molecule has 3 aromatic rings. The molecule has 0 saturated heterocycles. The maximum absolute atomic E-state index is 5.77. The number of nitrogens with zero attached hydrogens (tertiary/aromatic N) is 4. The van der Waals surface area contributed by atoms with Crippen molar-refractivity contribution >= 4 is 11.3 Å². The standard InChI is InChI=1S/C13H13N5O2/c1-8-16-17-12-13(15-5-6-18(8)12)20-11-7-9(14)3-4-10(11)19-2/h3-7H,14H2,1-2H3. The molecule has 7 nitrogen and oxygen atoms in total. The molecule has 0 aliphatic rings. The Morgan fingerprint density at radius 3 is 2.85 bits per heavy atom. The number of aryl methyl sites for hydroxylation is 1. The van der Waals surface area contributed by atoms with Gasteiger partial charge in [0.2, 0.25) is 5.65 Å². The SMILES string of the molecule is COc1ccc(N)cc1Oc1nccn2c(C)nnc12. The Labute approximate surface area is 115 Å². The molecule has 0 unspecified atom stereocenters. The molecule has 2 aromatic heterocycles. The van der Waals surface area contributed by atoms with Crippen LogP contribution in [0.5, 0.6) is 17.4 Å². The van der Waals surface area contributed by atoms with E-state index in [2.05, 4.69) is 15.2 Å². The third-order valence-electron chi connectivity index (χ3n) is 2.86. The highest BCUT2D eigenvalue weighted by molar-refractivity contribution is 5.56. The van der Waals surface area contributed by atoms with Crippen molar-refractivity contribution in [2.45, 2.75) is 6.92 Å². The number of rotatable bonds is 3. The fraction of sp³-hybridized carbons (Fsp3) is 0.154. The van der Waals surface area contributed by atoms with Gasteiger partial charge in [0.15, 0.2) is 11.5 Å². The molecule has 0 amide bonds. The molecule has 0 aliphatic heterocycles. The third kappa shape index (κ3) is 1.99. The smallest absolute Gasteiger partial charge is 0.265 e. The Bertz CT molecular complexity index is 769. The lowest BCUT2D eigenvalue weighted by molar-refractivity contribution is 0.375. The predicted octanol–water partition coefficient (Wildman–Crippen LogP) is 1.82. The molecular weight excluding hydrogens is 258 g/mol. The molecule has 0 saturated carbocycles. The minimum absolute atomic E-state index is 0.344. The van der Waals surface area contributed by atoms with Crippen molar-refractivity contribution in [2.75, 3.05) is 12.8 Å². The summed E-state index contributed by atoms with van der Waals surface area (Å²) in [6.45, 7) is 1.85. The summed E-state index contributed by atoms with van der Waals surface area (Å²) >= 11 is 0. The average molecular weight is 271 g/mol. The first kappa shape index (κ1) is 12.2. The van der Waals surface area contributed by atoms with E-state index in [1.807, 2.05) is 6.92 Å². The number of hydrogen-bond donors (Lipinski definition) is 1. The first-order valence-electron chi connectivity index (χ1n) is 5.97. The summed E-state index contributed by atoms with van der Waals surface area (Å²) in [5.41, 5.74) is 6.87. The van der Waals surface area contributed by atoms with Gasteiger partial charge in [-0.15, -0.1) is 10.2 Å². The zero-order chi connectivity index (χ0) is 14.1. The number of nitrogens with two attached hydrogens (primary N) is 1. The highest BCUT2D eigenvalue weighted by Gasteiger charge is 2.12. The fourth-order valence-corrected chi connectivity index (χ4v) is 1.87. The van der Waals surface area contributed by atoms with Crippen molar-refractivity contribution in [1.82, 2.24) is 19.6 Å². The molecule has 3 rings (SSSR count). The van der Waals surface area contributed by atoms with E-state index >= 15 is 0 Å². The molecule has 0 atom stereocenters. The number of anilines is 1. The molecule has 0 radical (unpaired) electrons. The minimum atomic E-state index is 0.344. The summed E-state index contributed by atoms with van der Waals surface area (Å²) in [5.74, 6) is 2.15. The van der Waals surface area contributed by atoms with Crippen LogP contribution in [0, 0.1) is 6.92 Å². The summed E-state index contributed by atoms with van der Waals surface area (Å²) in [6.07, 6.45) is 3.39. The maximum atomic E-state index is 5.77. The van der Waals surface area contributed by atoms with E-state index in [0.29, 0.717) is 28.7 Å². The quantitative estimate of drug-likeness (QED) is 0.731. The normalized spacial score (nSPS) is 10.7. The van der Waals surface area contributed by atoms with Gasteiger partial charge < -0.3 is 15.2 Å². The number of nitrogen functional groups attached to an aromatic ring is 1.